The zero-order chi connectivity index (χ0) is 13.2. The maximum absolute atomic E-state index is 10.9. The molecule has 1 rings (SSSR count). The second kappa shape index (κ2) is 5.81. The van der Waals surface area contributed by atoms with Gasteiger partial charge in [0.05, 0.1) is 24.5 Å². The van der Waals surface area contributed by atoms with Gasteiger partial charge in [0.2, 0.25) is 0 Å². The number of ether oxygens (including phenoxy) is 2. The summed E-state index contributed by atoms with van der Waals surface area (Å²) in [6, 6.07) is 0. The molecule has 1 aliphatic heterocycles. The number of hydrogen-bond donors (Lipinski definition) is 2. The fraction of sp³-hybridized carbons (Fsp3) is 1.00. The van der Waals surface area contributed by atoms with Crippen molar-refractivity contribution >= 4 is 7.60 Å². The van der Waals surface area contributed by atoms with Crippen LogP contribution in [0.4, 0.5) is 0 Å². The molecule has 1 saturated heterocycles. The van der Waals surface area contributed by atoms with Gasteiger partial charge in [0.25, 0.3) is 0 Å². The van der Waals surface area contributed by atoms with E-state index in [0.29, 0.717) is 12.3 Å². The van der Waals surface area contributed by atoms with Gasteiger partial charge in [-0.2, -0.15) is 0 Å². The Labute approximate surface area is 103 Å². The average molecular weight is 266 g/mol. The largest absolute Gasteiger partial charge is 0.378 e. The van der Waals surface area contributed by atoms with Crippen LogP contribution < -0.4 is 0 Å². The maximum atomic E-state index is 10.9. The molecule has 5 nitrogen and oxygen atoms in total. The Morgan fingerprint density at radius 2 is 2.00 bits per heavy atom. The molecule has 0 radical (unpaired) electrons. The van der Waals surface area contributed by atoms with Crippen molar-refractivity contribution in [2.75, 3.05) is 13.3 Å². The van der Waals surface area contributed by atoms with Crippen LogP contribution in [-0.2, 0) is 14.0 Å². The molecule has 1 heterocycles. The predicted molar refractivity (Wildman–Crippen MR) is 65.0 cm³/mol. The van der Waals surface area contributed by atoms with Gasteiger partial charge in [-0.15, -0.1) is 0 Å². The second-order valence-corrected chi connectivity index (χ2v) is 6.85. The number of rotatable bonds is 5. The molecule has 6 heteroatoms. The molecule has 17 heavy (non-hydrogen) atoms. The van der Waals surface area contributed by atoms with Crippen LogP contribution in [0.15, 0.2) is 0 Å². The first-order valence-electron chi connectivity index (χ1n) is 5.99. The summed E-state index contributed by atoms with van der Waals surface area (Å²) in [5.74, 6) is 0.563. The molecule has 1 fully saturated rings. The second-order valence-electron chi connectivity index (χ2n) is 5.08. The zero-order valence-electron chi connectivity index (χ0n) is 10.9. The van der Waals surface area contributed by atoms with Gasteiger partial charge in [0.1, 0.15) is 0 Å². The number of methoxy groups -OCH3 is 1. The van der Waals surface area contributed by atoms with E-state index in [1.807, 2.05) is 6.92 Å². The summed E-state index contributed by atoms with van der Waals surface area (Å²) >= 11 is 0. The molecule has 2 N–H and O–H groups in total. The quantitative estimate of drug-likeness (QED) is 0.740. The summed E-state index contributed by atoms with van der Waals surface area (Å²) in [5.41, 5.74) is 0. The average Bonchev–Trinajstić information content (AvgIpc) is 2.50. The Morgan fingerprint density at radius 3 is 2.41 bits per heavy atom. The lowest BCUT2D eigenvalue weighted by atomic mass is 9.85. The van der Waals surface area contributed by atoms with Crippen molar-refractivity contribution in [2.24, 2.45) is 11.8 Å². The molecule has 0 bridgehead atoms. The SMILES string of the molecule is CO[C@@H]1[C@H](C(C)C)[C@@H](CCP(=O)(O)O)O[C@H]1C. The standard InChI is InChI=1S/C11H23O5P/c1-7(2)10-9(5-6-17(12,13)14)16-8(3)11(10)15-4/h7-11H,5-6H2,1-4H3,(H2,12,13,14)/t8-,9+,10+,11-/m0/s1. The van der Waals surface area contributed by atoms with E-state index < -0.39 is 7.60 Å². The normalized spacial score (nSPS) is 34.5. The first kappa shape index (κ1) is 15.1. The van der Waals surface area contributed by atoms with Crippen LogP contribution in [0.3, 0.4) is 0 Å². The van der Waals surface area contributed by atoms with E-state index in [0.717, 1.165) is 0 Å². The molecule has 0 aliphatic carbocycles. The van der Waals surface area contributed by atoms with Gasteiger partial charge in [-0.3, -0.25) is 4.57 Å². The van der Waals surface area contributed by atoms with E-state index in [1.54, 1.807) is 7.11 Å². The first-order valence-corrected chi connectivity index (χ1v) is 7.79. The van der Waals surface area contributed by atoms with Crippen molar-refractivity contribution in [1.29, 1.82) is 0 Å². The minimum absolute atomic E-state index is 0.0109. The summed E-state index contributed by atoms with van der Waals surface area (Å²) in [7, 11) is -2.29. The van der Waals surface area contributed by atoms with Gasteiger partial charge in [-0.1, -0.05) is 13.8 Å². The van der Waals surface area contributed by atoms with Crippen LogP contribution in [0.2, 0.25) is 0 Å². The summed E-state index contributed by atoms with van der Waals surface area (Å²) in [6.45, 7) is 6.12. The molecular weight excluding hydrogens is 243 g/mol. The summed E-state index contributed by atoms with van der Waals surface area (Å²) in [5, 5.41) is 0. The number of hydrogen-bond acceptors (Lipinski definition) is 3. The molecule has 102 valence electrons. The van der Waals surface area contributed by atoms with Crippen LogP contribution in [0.1, 0.15) is 27.2 Å². The Bertz CT molecular complexity index is 288. The summed E-state index contributed by atoms with van der Waals surface area (Å²) < 4.78 is 22.1. The van der Waals surface area contributed by atoms with Crippen molar-refractivity contribution in [3.63, 3.8) is 0 Å². The van der Waals surface area contributed by atoms with Crippen molar-refractivity contribution in [1.82, 2.24) is 0 Å². The summed E-state index contributed by atoms with van der Waals surface area (Å²) in [6.07, 6.45) is 0.134. The highest BCUT2D eigenvalue weighted by Gasteiger charge is 2.44. The minimum atomic E-state index is -3.94. The van der Waals surface area contributed by atoms with Crippen LogP contribution in [0.5, 0.6) is 0 Å². The third kappa shape index (κ3) is 4.04. The van der Waals surface area contributed by atoms with E-state index in [4.69, 9.17) is 19.3 Å². The van der Waals surface area contributed by atoms with Crippen LogP contribution in [0, 0.1) is 11.8 Å². The Balaban J connectivity index is 2.68. The van der Waals surface area contributed by atoms with Gasteiger partial charge in [0.15, 0.2) is 0 Å². The van der Waals surface area contributed by atoms with E-state index in [1.165, 1.54) is 0 Å². The molecule has 4 atom stereocenters. The van der Waals surface area contributed by atoms with Crippen molar-refractivity contribution < 1.29 is 23.8 Å². The third-order valence-corrected chi connectivity index (χ3v) is 4.25. The Morgan fingerprint density at radius 1 is 1.41 bits per heavy atom. The highest BCUT2D eigenvalue weighted by Crippen LogP contribution is 2.41. The fourth-order valence-corrected chi connectivity index (χ4v) is 3.27. The van der Waals surface area contributed by atoms with E-state index in [-0.39, 0.29) is 30.4 Å². The van der Waals surface area contributed by atoms with Crippen LogP contribution >= 0.6 is 7.60 Å². The molecule has 0 spiro atoms. The van der Waals surface area contributed by atoms with E-state index >= 15 is 0 Å². The van der Waals surface area contributed by atoms with Gasteiger partial charge < -0.3 is 19.3 Å². The van der Waals surface area contributed by atoms with Gasteiger partial charge in [-0.05, 0) is 19.3 Å². The van der Waals surface area contributed by atoms with E-state index in [9.17, 15) is 4.57 Å². The Hall–Kier alpha value is 0.0700. The molecule has 0 aromatic heterocycles. The molecule has 1 aliphatic rings. The molecule has 0 unspecified atom stereocenters. The van der Waals surface area contributed by atoms with E-state index in [2.05, 4.69) is 13.8 Å². The monoisotopic (exact) mass is 266 g/mol. The highest BCUT2D eigenvalue weighted by atomic mass is 31.2. The lowest BCUT2D eigenvalue weighted by molar-refractivity contribution is 0.00425. The molecule has 0 amide bonds. The zero-order valence-corrected chi connectivity index (χ0v) is 11.8. The highest BCUT2D eigenvalue weighted by molar-refractivity contribution is 7.51. The van der Waals surface area contributed by atoms with Gasteiger partial charge in [0, 0.05) is 13.0 Å². The molecule has 0 saturated carbocycles. The molecular formula is C11H23O5P. The van der Waals surface area contributed by atoms with Gasteiger partial charge >= 0.3 is 7.60 Å². The van der Waals surface area contributed by atoms with Crippen LogP contribution in [-0.4, -0.2) is 41.4 Å². The maximum Gasteiger partial charge on any atom is 0.325 e. The fourth-order valence-electron chi connectivity index (χ4n) is 2.68. The van der Waals surface area contributed by atoms with Gasteiger partial charge in [-0.25, -0.2) is 0 Å². The Kier molecular flexibility index (Phi) is 5.17. The minimum Gasteiger partial charge on any atom is -0.378 e. The smallest absolute Gasteiger partial charge is 0.325 e. The van der Waals surface area contributed by atoms with Crippen LogP contribution in [0.25, 0.3) is 0 Å². The molecule has 0 aromatic rings. The lowest BCUT2D eigenvalue weighted by Crippen LogP contribution is -2.32. The topological polar surface area (TPSA) is 76.0 Å². The van der Waals surface area contributed by atoms with Crippen molar-refractivity contribution in [3.8, 4) is 0 Å². The first-order chi connectivity index (χ1) is 7.76. The van der Waals surface area contributed by atoms with Crippen molar-refractivity contribution in [2.45, 2.75) is 45.5 Å². The summed E-state index contributed by atoms with van der Waals surface area (Å²) in [4.78, 5) is 17.8. The lowest BCUT2D eigenvalue weighted by Gasteiger charge is -2.26. The third-order valence-electron chi connectivity index (χ3n) is 3.41. The predicted octanol–water partition coefficient (Wildman–Crippen LogP) is 1.63. The molecule has 0 aromatic carbocycles. The van der Waals surface area contributed by atoms with Crippen molar-refractivity contribution in [3.05, 3.63) is 0 Å².